The molecule has 0 bridgehead atoms. The lowest BCUT2D eigenvalue weighted by Gasteiger charge is -2.42. The number of rotatable bonds is 11. The van der Waals surface area contributed by atoms with E-state index < -0.39 is 8.32 Å². The fraction of sp³-hybridized carbons (Fsp3) is 0.710. The van der Waals surface area contributed by atoms with Gasteiger partial charge < -0.3 is 13.9 Å². The Hall–Kier alpha value is -1.14. The Morgan fingerprint density at radius 1 is 1.16 bits per heavy atom. The standard InChI is InChI=1S/C31H49ClO4Si/c1-22-20-31(36-37(8,9)29(2,3)4)28(30(31,5)6)19-27(33)26(22)18-25(12-10-11-17-32)35-21-23-13-15-24(34-7)16-14-23/h10-11,13-16,22,25-26,28H,12,17-21H2,1-9H3/b11-10+/t22-,25-,26-,28-,31+/m1/s1. The van der Waals surface area contributed by atoms with Crippen LogP contribution >= 0.6 is 11.6 Å². The fourth-order valence-corrected chi connectivity index (χ4v) is 7.85. The van der Waals surface area contributed by atoms with Crippen LogP contribution in [-0.2, 0) is 20.6 Å². The van der Waals surface area contributed by atoms with Gasteiger partial charge in [0.1, 0.15) is 11.5 Å². The minimum Gasteiger partial charge on any atom is -0.497 e. The van der Waals surface area contributed by atoms with E-state index in [1.165, 1.54) is 0 Å². The van der Waals surface area contributed by atoms with Crippen molar-refractivity contribution in [1.82, 2.24) is 0 Å². The monoisotopic (exact) mass is 548 g/mol. The summed E-state index contributed by atoms with van der Waals surface area (Å²) >= 11 is 5.89. The van der Waals surface area contributed by atoms with E-state index in [4.69, 9.17) is 25.5 Å². The normalized spacial score (nSPS) is 28.6. The first-order valence-corrected chi connectivity index (χ1v) is 17.3. The quantitative estimate of drug-likeness (QED) is 0.159. The van der Waals surface area contributed by atoms with Crippen molar-refractivity contribution in [2.75, 3.05) is 13.0 Å². The van der Waals surface area contributed by atoms with E-state index in [1.54, 1.807) is 7.11 Å². The van der Waals surface area contributed by atoms with Crippen LogP contribution in [0.1, 0.15) is 72.8 Å². The average Bonchev–Trinajstić information content (AvgIpc) is 3.28. The molecule has 2 fully saturated rings. The molecular weight excluding hydrogens is 500 g/mol. The maximum Gasteiger partial charge on any atom is 0.192 e. The minimum absolute atomic E-state index is 0.0197. The summed E-state index contributed by atoms with van der Waals surface area (Å²) < 4.78 is 18.9. The van der Waals surface area contributed by atoms with Crippen LogP contribution in [0.15, 0.2) is 36.4 Å². The van der Waals surface area contributed by atoms with Crippen molar-refractivity contribution in [1.29, 1.82) is 0 Å². The first kappa shape index (κ1) is 30.4. The van der Waals surface area contributed by atoms with Gasteiger partial charge in [0.15, 0.2) is 8.32 Å². The predicted molar refractivity (Wildman–Crippen MR) is 156 cm³/mol. The Morgan fingerprint density at radius 3 is 2.38 bits per heavy atom. The highest BCUT2D eigenvalue weighted by atomic mass is 35.5. The molecule has 0 spiro atoms. The third-order valence-corrected chi connectivity index (χ3v) is 14.3. The van der Waals surface area contributed by atoms with Crippen molar-refractivity contribution in [2.24, 2.45) is 23.2 Å². The number of carbonyl (C=O) groups excluding carboxylic acids is 1. The van der Waals surface area contributed by atoms with E-state index in [0.29, 0.717) is 30.6 Å². The molecule has 1 aromatic carbocycles. The molecule has 37 heavy (non-hydrogen) atoms. The number of hydrogen-bond acceptors (Lipinski definition) is 4. The van der Waals surface area contributed by atoms with E-state index >= 15 is 0 Å². The van der Waals surface area contributed by atoms with Crippen LogP contribution in [0.2, 0.25) is 18.1 Å². The van der Waals surface area contributed by atoms with Crippen LogP contribution in [0.5, 0.6) is 5.75 Å². The maximum absolute atomic E-state index is 13.7. The van der Waals surface area contributed by atoms with Crippen LogP contribution in [0.25, 0.3) is 0 Å². The summed E-state index contributed by atoms with van der Waals surface area (Å²) in [4.78, 5) is 13.7. The number of fused-ring (bicyclic) bond motifs is 1. The third kappa shape index (κ3) is 6.54. The second-order valence-electron chi connectivity index (χ2n) is 13.4. The van der Waals surface area contributed by atoms with Crippen molar-refractivity contribution < 1.29 is 18.7 Å². The van der Waals surface area contributed by atoms with Crippen LogP contribution in [-0.4, -0.2) is 38.8 Å². The average molecular weight is 549 g/mol. The van der Waals surface area contributed by atoms with E-state index in [1.807, 2.05) is 30.3 Å². The molecule has 208 valence electrons. The van der Waals surface area contributed by atoms with E-state index in [0.717, 1.165) is 30.6 Å². The van der Waals surface area contributed by atoms with Crippen molar-refractivity contribution >= 4 is 25.7 Å². The molecule has 2 saturated carbocycles. The summed E-state index contributed by atoms with van der Waals surface area (Å²) in [5, 5.41) is 0.138. The number of ether oxygens (including phenoxy) is 2. The summed E-state index contributed by atoms with van der Waals surface area (Å²) in [6.45, 7) is 19.0. The van der Waals surface area contributed by atoms with Gasteiger partial charge in [-0.05, 0) is 66.4 Å². The smallest absolute Gasteiger partial charge is 0.192 e. The molecular formula is C31H49ClO4Si. The molecule has 0 radical (unpaired) electrons. The predicted octanol–water partition coefficient (Wildman–Crippen LogP) is 8.19. The van der Waals surface area contributed by atoms with Crippen LogP contribution < -0.4 is 4.74 Å². The van der Waals surface area contributed by atoms with Gasteiger partial charge in [0.05, 0.1) is 25.4 Å². The summed E-state index contributed by atoms with van der Waals surface area (Å²) in [5.74, 6) is 2.21. The molecule has 2 aliphatic carbocycles. The number of Topliss-reactive ketones (excluding diaryl/α,β-unsaturated/α-hetero) is 1. The van der Waals surface area contributed by atoms with Crippen molar-refractivity contribution in [3.8, 4) is 5.75 Å². The Bertz CT molecular complexity index is 949. The highest BCUT2D eigenvalue weighted by Crippen LogP contribution is 2.71. The zero-order valence-electron chi connectivity index (χ0n) is 24.5. The van der Waals surface area contributed by atoms with E-state index in [2.05, 4.69) is 60.7 Å². The first-order chi connectivity index (χ1) is 17.2. The number of benzene rings is 1. The number of ketones is 1. The van der Waals surface area contributed by atoms with Gasteiger partial charge in [-0.3, -0.25) is 4.79 Å². The minimum atomic E-state index is -1.99. The highest BCUT2D eigenvalue weighted by molar-refractivity contribution is 6.74. The van der Waals surface area contributed by atoms with Gasteiger partial charge in [-0.15, -0.1) is 11.6 Å². The molecule has 0 saturated heterocycles. The van der Waals surface area contributed by atoms with Gasteiger partial charge in [0.2, 0.25) is 0 Å². The zero-order chi connectivity index (χ0) is 27.6. The number of allylic oxidation sites excluding steroid dienone is 1. The number of alkyl halides is 1. The Balaban J connectivity index is 1.76. The van der Waals surface area contributed by atoms with Gasteiger partial charge in [-0.1, -0.05) is 65.8 Å². The molecule has 1 aromatic rings. The maximum atomic E-state index is 13.7. The molecule has 2 aliphatic rings. The zero-order valence-corrected chi connectivity index (χ0v) is 26.3. The molecule has 0 unspecified atom stereocenters. The molecule has 4 nitrogen and oxygen atoms in total. The lowest BCUT2D eigenvalue weighted by molar-refractivity contribution is -0.126. The molecule has 3 rings (SSSR count). The van der Waals surface area contributed by atoms with Gasteiger partial charge in [0.25, 0.3) is 0 Å². The molecule has 0 N–H and O–H groups in total. The molecule has 0 aliphatic heterocycles. The van der Waals surface area contributed by atoms with Gasteiger partial charge in [-0.2, -0.15) is 0 Å². The lowest BCUT2D eigenvalue weighted by Crippen LogP contribution is -2.47. The summed E-state index contributed by atoms with van der Waals surface area (Å²) in [6.07, 6.45) is 7.03. The molecule has 0 heterocycles. The van der Waals surface area contributed by atoms with Crippen LogP contribution in [0, 0.1) is 23.2 Å². The van der Waals surface area contributed by atoms with Gasteiger partial charge >= 0.3 is 0 Å². The first-order valence-electron chi connectivity index (χ1n) is 13.9. The second-order valence-corrected chi connectivity index (χ2v) is 18.4. The Morgan fingerprint density at radius 2 is 1.81 bits per heavy atom. The Kier molecular flexibility index (Phi) is 9.48. The van der Waals surface area contributed by atoms with Gasteiger partial charge in [-0.25, -0.2) is 0 Å². The highest BCUT2D eigenvalue weighted by Gasteiger charge is 2.75. The number of hydrogen-bond donors (Lipinski definition) is 0. The number of halogens is 1. The van der Waals surface area contributed by atoms with Crippen LogP contribution in [0.4, 0.5) is 0 Å². The van der Waals surface area contributed by atoms with Crippen molar-refractivity contribution in [3.05, 3.63) is 42.0 Å². The fourth-order valence-electron chi connectivity index (χ4n) is 6.02. The van der Waals surface area contributed by atoms with E-state index in [9.17, 15) is 4.79 Å². The van der Waals surface area contributed by atoms with E-state index in [-0.39, 0.29) is 34.0 Å². The largest absolute Gasteiger partial charge is 0.497 e. The Labute approximate surface area is 231 Å². The third-order valence-electron chi connectivity index (χ3n) is 9.63. The molecule has 6 heteroatoms. The van der Waals surface area contributed by atoms with Gasteiger partial charge in [0, 0.05) is 24.1 Å². The molecule has 5 atom stereocenters. The topological polar surface area (TPSA) is 44.8 Å². The SMILES string of the molecule is COc1ccc(CO[C@H](C/C=C/CCl)C[C@H]2C(=O)C[C@@H]3C(C)(C)[C@]3(O[Si](C)(C)C(C)(C)C)C[C@H]2C)cc1. The van der Waals surface area contributed by atoms with Crippen LogP contribution in [0.3, 0.4) is 0 Å². The lowest BCUT2D eigenvalue weighted by atomic mass is 9.80. The van der Waals surface area contributed by atoms with Crippen molar-refractivity contribution in [3.63, 3.8) is 0 Å². The number of methoxy groups -OCH3 is 1. The van der Waals surface area contributed by atoms with Crippen molar-refractivity contribution in [2.45, 2.75) is 104 Å². The summed E-state index contributed by atoms with van der Waals surface area (Å²) in [7, 11) is -0.316. The summed E-state index contributed by atoms with van der Waals surface area (Å²) in [5.41, 5.74) is 0.930. The number of carbonyl (C=O) groups is 1. The summed E-state index contributed by atoms with van der Waals surface area (Å²) in [6, 6.07) is 7.96. The second kappa shape index (κ2) is 11.5. The molecule has 0 amide bonds. The molecule has 0 aromatic heterocycles.